The number of carboxylic acid groups (broad SMARTS) is 1. The maximum absolute atomic E-state index is 13.3. The van der Waals surface area contributed by atoms with Crippen molar-refractivity contribution < 1.29 is 19.5 Å². The third kappa shape index (κ3) is 8.76. The molecule has 1 amide bonds. The summed E-state index contributed by atoms with van der Waals surface area (Å²) in [6.07, 6.45) is 8.29. The average molecular weight is 691 g/mol. The standard InChI is InChI=1S/C35H38N12O4/c1-5-16-47(19-22-18-38-31-28(39-22)29(36)41-34(37)42-31)23-13-10-20(11-14-23)32(49)40-26(33(50)51)8-6-7-9-27(48)24-15-12-21(35(2,3)4)17-25(24)30-43-45-46-44-30/h1,10-15,17-18,26H,6-9,16,19H2,2-4H3,(H,40,49)(H,50,51)(H,43,44,45,46)(H4,36,37,38,41,42)/t26-/m0/s1. The second-order valence-electron chi connectivity index (χ2n) is 12.9. The third-order valence-electron chi connectivity index (χ3n) is 8.15. The number of hydrogen-bond acceptors (Lipinski definition) is 13. The first-order chi connectivity index (χ1) is 24.3. The number of carbonyl (C=O) groups is 3. The minimum Gasteiger partial charge on any atom is -0.480 e. The SMILES string of the molecule is C#CCN(Cc1cnc2nc(N)nc(N)c2n1)c1ccc(C(=O)N[C@@H](CCCCC(=O)c2ccc(C(C)(C)C)cc2-c2nn[nH]n2)C(=O)O)cc1. The molecule has 262 valence electrons. The Balaban J connectivity index is 1.18. The lowest BCUT2D eigenvalue weighted by Gasteiger charge is -2.22. The molecule has 16 nitrogen and oxygen atoms in total. The van der Waals surface area contributed by atoms with Crippen LogP contribution in [-0.2, 0) is 16.8 Å². The van der Waals surface area contributed by atoms with E-state index in [0.717, 1.165) is 5.56 Å². The predicted molar refractivity (Wildman–Crippen MR) is 190 cm³/mol. The van der Waals surface area contributed by atoms with Gasteiger partial charge in [-0.3, -0.25) is 9.59 Å². The number of carbonyl (C=O) groups excluding carboxylic acids is 2. The van der Waals surface area contributed by atoms with Gasteiger partial charge in [0.15, 0.2) is 22.8 Å². The molecule has 0 spiro atoms. The number of nitrogen functional groups attached to an aromatic ring is 2. The van der Waals surface area contributed by atoms with Crippen LogP contribution in [0, 0.1) is 12.3 Å². The van der Waals surface area contributed by atoms with Gasteiger partial charge in [0.05, 0.1) is 25.0 Å². The number of H-pyrrole nitrogens is 1. The second kappa shape index (κ2) is 15.4. The van der Waals surface area contributed by atoms with Gasteiger partial charge in [0.25, 0.3) is 5.91 Å². The fraction of sp³-hybridized carbons (Fsp3) is 0.314. The first kappa shape index (κ1) is 35.8. The summed E-state index contributed by atoms with van der Waals surface area (Å²) in [5.41, 5.74) is 15.6. The summed E-state index contributed by atoms with van der Waals surface area (Å²) in [4.78, 5) is 57.0. The Bertz CT molecular complexity index is 2090. The summed E-state index contributed by atoms with van der Waals surface area (Å²) in [6.45, 7) is 6.71. The normalized spacial score (nSPS) is 11.9. The molecule has 1 atom stereocenters. The number of tetrazole rings is 1. The molecule has 0 bridgehead atoms. The molecular formula is C35H38N12O4. The van der Waals surface area contributed by atoms with Gasteiger partial charge in [0.2, 0.25) is 11.8 Å². The zero-order valence-electron chi connectivity index (χ0n) is 28.4. The summed E-state index contributed by atoms with van der Waals surface area (Å²) in [6, 6.07) is 11.0. The van der Waals surface area contributed by atoms with Crippen molar-refractivity contribution in [3.05, 3.63) is 71.0 Å². The van der Waals surface area contributed by atoms with Crippen LogP contribution in [0.4, 0.5) is 17.5 Å². The van der Waals surface area contributed by atoms with E-state index in [1.807, 2.05) is 17.0 Å². The molecule has 0 aliphatic heterocycles. The van der Waals surface area contributed by atoms with Crippen LogP contribution < -0.4 is 21.7 Å². The first-order valence-corrected chi connectivity index (χ1v) is 16.1. The van der Waals surface area contributed by atoms with Gasteiger partial charge < -0.3 is 26.8 Å². The molecule has 7 N–H and O–H groups in total. The van der Waals surface area contributed by atoms with Crippen LogP contribution in [0.25, 0.3) is 22.6 Å². The highest BCUT2D eigenvalue weighted by Crippen LogP contribution is 2.30. The van der Waals surface area contributed by atoms with Crippen LogP contribution in [0.15, 0.2) is 48.7 Å². The van der Waals surface area contributed by atoms with Crippen molar-refractivity contribution in [2.45, 2.75) is 64.5 Å². The van der Waals surface area contributed by atoms with Crippen molar-refractivity contribution >= 4 is 46.3 Å². The number of terminal acetylenes is 1. The highest BCUT2D eigenvalue weighted by Gasteiger charge is 2.23. The lowest BCUT2D eigenvalue weighted by molar-refractivity contribution is -0.139. The van der Waals surface area contributed by atoms with Crippen LogP contribution in [0.2, 0.25) is 0 Å². The van der Waals surface area contributed by atoms with Crippen LogP contribution >= 0.6 is 0 Å². The van der Waals surface area contributed by atoms with Crippen molar-refractivity contribution in [3.63, 3.8) is 0 Å². The van der Waals surface area contributed by atoms with Crippen molar-refractivity contribution in [2.75, 3.05) is 22.9 Å². The van der Waals surface area contributed by atoms with Crippen LogP contribution in [0.3, 0.4) is 0 Å². The van der Waals surface area contributed by atoms with E-state index in [4.69, 9.17) is 17.9 Å². The molecule has 51 heavy (non-hydrogen) atoms. The maximum Gasteiger partial charge on any atom is 0.326 e. The fourth-order valence-corrected chi connectivity index (χ4v) is 5.41. The minimum absolute atomic E-state index is 0.00289. The number of amides is 1. The Morgan fingerprint density at radius 3 is 2.49 bits per heavy atom. The molecule has 5 aromatic rings. The smallest absolute Gasteiger partial charge is 0.326 e. The number of aromatic amines is 1. The van der Waals surface area contributed by atoms with E-state index in [2.05, 4.69) is 72.6 Å². The second-order valence-corrected chi connectivity index (χ2v) is 12.9. The van der Waals surface area contributed by atoms with Crippen molar-refractivity contribution in [1.29, 1.82) is 0 Å². The minimum atomic E-state index is -1.17. The molecular weight excluding hydrogens is 652 g/mol. The van der Waals surface area contributed by atoms with Gasteiger partial charge >= 0.3 is 5.97 Å². The molecule has 0 unspecified atom stereocenters. The number of Topliss-reactive ketones (excluding diaryl/α,β-unsaturated/α-hetero) is 1. The lowest BCUT2D eigenvalue weighted by atomic mass is 9.84. The molecule has 0 aliphatic carbocycles. The Kier molecular flexibility index (Phi) is 10.8. The van der Waals surface area contributed by atoms with E-state index in [9.17, 15) is 19.5 Å². The largest absolute Gasteiger partial charge is 0.480 e. The number of anilines is 3. The number of aliphatic carboxylic acids is 1. The number of carboxylic acids is 1. The molecule has 16 heteroatoms. The van der Waals surface area contributed by atoms with Crippen LogP contribution in [0.5, 0.6) is 0 Å². The van der Waals surface area contributed by atoms with Crippen LogP contribution in [0.1, 0.15) is 78.4 Å². The van der Waals surface area contributed by atoms with E-state index in [-0.39, 0.29) is 60.1 Å². The summed E-state index contributed by atoms with van der Waals surface area (Å²) in [5, 5.41) is 26.6. The van der Waals surface area contributed by atoms with Gasteiger partial charge in [-0.15, -0.1) is 16.6 Å². The van der Waals surface area contributed by atoms with E-state index in [1.165, 1.54) is 0 Å². The van der Waals surface area contributed by atoms with Crippen molar-refractivity contribution in [2.24, 2.45) is 0 Å². The number of nitrogens with one attached hydrogen (secondary N) is 2. The number of unbranched alkanes of at least 4 members (excludes halogenated alkanes) is 1. The zero-order chi connectivity index (χ0) is 36.7. The average Bonchev–Trinajstić information content (AvgIpc) is 3.64. The molecule has 2 aromatic carbocycles. The Hall–Kier alpha value is -6.50. The first-order valence-electron chi connectivity index (χ1n) is 16.1. The third-order valence-corrected chi connectivity index (χ3v) is 8.15. The van der Waals surface area contributed by atoms with E-state index < -0.39 is 17.9 Å². The summed E-state index contributed by atoms with van der Waals surface area (Å²) in [5.74, 6) is 1.19. The highest BCUT2D eigenvalue weighted by molar-refractivity contribution is 6.01. The molecule has 0 radical (unpaired) electrons. The van der Waals surface area contributed by atoms with Gasteiger partial charge in [0, 0.05) is 28.8 Å². The van der Waals surface area contributed by atoms with Crippen molar-refractivity contribution in [3.8, 4) is 23.7 Å². The number of ketones is 1. The molecule has 3 heterocycles. The number of benzene rings is 2. The number of hydrogen-bond donors (Lipinski definition) is 5. The number of fused-ring (bicyclic) bond motifs is 1. The van der Waals surface area contributed by atoms with Crippen molar-refractivity contribution in [1.82, 2.24) is 45.9 Å². The number of aromatic nitrogens is 8. The van der Waals surface area contributed by atoms with Gasteiger partial charge in [-0.1, -0.05) is 45.2 Å². The lowest BCUT2D eigenvalue weighted by Crippen LogP contribution is -2.40. The number of nitrogens with zero attached hydrogens (tertiary/aromatic N) is 8. The predicted octanol–water partition coefficient (Wildman–Crippen LogP) is 3.33. The highest BCUT2D eigenvalue weighted by atomic mass is 16.4. The molecule has 0 saturated carbocycles. The molecule has 0 fully saturated rings. The monoisotopic (exact) mass is 690 g/mol. The quantitative estimate of drug-likeness (QED) is 0.0638. The molecule has 3 aromatic heterocycles. The molecule has 0 aliphatic rings. The molecule has 5 rings (SSSR count). The fourth-order valence-electron chi connectivity index (χ4n) is 5.41. The Morgan fingerprint density at radius 1 is 1.06 bits per heavy atom. The van der Waals surface area contributed by atoms with Gasteiger partial charge in [-0.2, -0.15) is 15.2 Å². The Labute approximate surface area is 293 Å². The summed E-state index contributed by atoms with van der Waals surface area (Å²) >= 11 is 0. The number of nitrogens with two attached hydrogens (primary N) is 2. The summed E-state index contributed by atoms with van der Waals surface area (Å²) < 4.78 is 0. The number of rotatable bonds is 14. The molecule has 0 saturated heterocycles. The van der Waals surface area contributed by atoms with Gasteiger partial charge in [-0.25, -0.2) is 14.8 Å². The maximum atomic E-state index is 13.3. The van der Waals surface area contributed by atoms with E-state index in [0.29, 0.717) is 46.7 Å². The summed E-state index contributed by atoms with van der Waals surface area (Å²) in [7, 11) is 0. The topological polar surface area (TPSA) is 245 Å². The van der Waals surface area contributed by atoms with E-state index in [1.54, 1.807) is 36.5 Å². The zero-order valence-corrected chi connectivity index (χ0v) is 28.4. The Morgan fingerprint density at radius 2 is 1.82 bits per heavy atom. The van der Waals surface area contributed by atoms with Crippen LogP contribution in [-0.4, -0.2) is 75.9 Å². The van der Waals surface area contributed by atoms with E-state index >= 15 is 0 Å². The van der Waals surface area contributed by atoms with Gasteiger partial charge in [-0.05, 0) is 59.4 Å². The van der Waals surface area contributed by atoms with Gasteiger partial charge in [0.1, 0.15) is 6.04 Å².